The van der Waals surface area contributed by atoms with Crippen molar-refractivity contribution < 1.29 is 0 Å². The van der Waals surface area contributed by atoms with Gasteiger partial charge in [0.05, 0.1) is 16.3 Å². The van der Waals surface area contributed by atoms with Crippen molar-refractivity contribution in [1.82, 2.24) is 14.8 Å². The summed E-state index contributed by atoms with van der Waals surface area (Å²) in [6.45, 7) is 4.41. The van der Waals surface area contributed by atoms with Crippen LogP contribution in [0.3, 0.4) is 0 Å². The summed E-state index contributed by atoms with van der Waals surface area (Å²) in [4.78, 5) is 17.4. The quantitative estimate of drug-likeness (QED) is 0.558. The number of hydrogen-bond acceptors (Lipinski definition) is 4. The van der Waals surface area contributed by atoms with Crippen LogP contribution in [0.1, 0.15) is 16.1 Å². The molecule has 0 N–H and O–H groups in total. The van der Waals surface area contributed by atoms with Crippen LogP contribution >= 0.6 is 11.3 Å². The molecule has 0 aliphatic rings. The molecule has 0 fully saturated rings. The van der Waals surface area contributed by atoms with Gasteiger partial charge in [-0.3, -0.25) is 4.79 Å². The number of aromatic nitrogens is 3. The third kappa shape index (κ3) is 2.87. The Kier molecular flexibility index (Phi) is 3.93. The Morgan fingerprint density at radius 2 is 1.72 bits per heavy atom. The average Bonchev–Trinajstić information content (AvgIpc) is 3.02. The van der Waals surface area contributed by atoms with Crippen molar-refractivity contribution in [2.45, 2.75) is 20.4 Å². The maximum absolute atomic E-state index is 12.9. The van der Waals surface area contributed by atoms with Crippen molar-refractivity contribution in [2.24, 2.45) is 0 Å². The standard InChI is InChI=1S/C20H17N3OS/c1-13-8-6-7-11-16(13)12-23-20(24)18-19(25-14(2)21-18)17(22-23)15-9-4-3-5-10-15/h3-11H,12H2,1-2H3. The van der Waals surface area contributed by atoms with Crippen LogP contribution in [-0.2, 0) is 6.54 Å². The Morgan fingerprint density at radius 3 is 2.48 bits per heavy atom. The topological polar surface area (TPSA) is 47.8 Å². The number of hydrogen-bond donors (Lipinski definition) is 0. The lowest BCUT2D eigenvalue weighted by Crippen LogP contribution is -2.24. The van der Waals surface area contributed by atoms with E-state index >= 15 is 0 Å². The lowest BCUT2D eigenvalue weighted by atomic mass is 10.1. The van der Waals surface area contributed by atoms with Crippen LogP contribution in [0.4, 0.5) is 0 Å². The van der Waals surface area contributed by atoms with Gasteiger partial charge in [0.25, 0.3) is 5.56 Å². The number of fused-ring (bicyclic) bond motifs is 1. The number of nitrogens with zero attached hydrogens (tertiary/aromatic N) is 3. The third-order valence-electron chi connectivity index (χ3n) is 4.24. The largest absolute Gasteiger partial charge is 0.294 e. The zero-order chi connectivity index (χ0) is 17.4. The van der Waals surface area contributed by atoms with Crippen LogP contribution in [0.2, 0.25) is 0 Å². The molecule has 0 aliphatic carbocycles. The van der Waals surface area contributed by atoms with Crippen molar-refractivity contribution in [1.29, 1.82) is 0 Å². The second-order valence-electron chi connectivity index (χ2n) is 6.01. The Balaban J connectivity index is 1.95. The van der Waals surface area contributed by atoms with Crippen LogP contribution in [-0.4, -0.2) is 14.8 Å². The second-order valence-corrected chi connectivity index (χ2v) is 7.22. The molecule has 2 aromatic heterocycles. The zero-order valence-corrected chi connectivity index (χ0v) is 14.9. The van der Waals surface area contributed by atoms with E-state index in [2.05, 4.69) is 4.98 Å². The summed E-state index contributed by atoms with van der Waals surface area (Å²) in [5.41, 5.74) is 4.41. The molecule has 0 unspecified atom stereocenters. The van der Waals surface area contributed by atoms with Crippen LogP contribution in [0, 0.1) is 13.8 Å². The highest BCUT2D eigenvalue weighted by molar-refractivity contribution is 7.19. The summed E-state index contributed by atoms with van der Waals surface area (Å²) in [5.74, 6) is 0. The Hall–Kier alpha value is -2.79. The molecular weight excluding hydrogens is 330 g/mol. The highest BCUT2D eigenvalue weighted by Gasteiger charge is 2.16. The van der Waals surface area contributed by atoms with Gasteiger partial charge in [-0.05, 0) is 25.0 Å². The van der Waals surface area contributed by atoms with E-state index in [9.17, 15) is 4.79 Å². The minimum Gasteiger partial charge on any atom is -0.265 e. The van der Waals surface area contributed by atoms with Crippen LogP contribution in [0.5, 0.6) is 0 Å². The summed E-state index contributed by atoms with van der Waals surface area (Å²) in [6, 6.07) is 18.0. The maximum atomic E-state index is 12.9. The molecule has 0 bridgehead atoms. The summed E-state index contributed by atoms with van der Waals surface area (Å²) in [7, 11) is 0. The van der Waals surface area contributed by atoms with E-state index in [1.165, 1.54) is 16.0 Å². The van der Waals surface area contributed by atoms with Crippen LogP contribution in [0.25, 0.3) is 21.5 Å². The summed E-state index contributed by atoms with van der Waals surface area (Å²) < 4.78 is 2.39. The lowest BCUT2D eigenvalue weighted by molar-refractivity contribution is 0.647. The fourth-order valence-corrected chi connectivity index (χ4v) is 3.82. The van der Waals surface area contributed by atoms with Gasteiger partial charge in [0, 0.05) is 5.56 Å². The molecule has 0 atom stereocenters. The monoisotopic (exact) mass is 347 g/mol. The van der Waals surface area contributed by atoms with Crippen molar-refractivity contribution in [3.63, 3.8) is 0 Å². The summed E-state index contributed by atoms with van der Waals surface area (Å²) in [6.07, 6.45) is 0. The number of aryl methyl sites for hydroxylation is 2. The second kappa shape index (κ2) is 6.26. The van der Waals surface area contributed by atoms with Gasteiger partial charge in [-0.15, -0.1) is 11.3 Å². The highest BCUT2D eigenvalue weighted by atomic mass is 32.1. The summed E-state index contributed by atoms with van der Waals surface area (Å²) in [5, 5.41) is 5.57. The minimum absolute atomic E-state index is 0.137. The van der Waals surface area contributed by atoms with Gasteiger partial charge in [-0.2, -0.15) is 5.10 Å². The Bertz CT molecular complexity index is 1110. The van der Waals surface area contributed by atoms with Crippen molar-refractivity contribution in [3.8, 4) is 11.3 Å². The molecule has 0 saturated carbocycles. The Labute approximate surface area is 149 Å². The molecule has 4 nitrogen and oxygen atoms in total. The van der Waals surface area contributed by atoms with E-state index < -0.39 is 0 Å². The average molecular weight is 347 g/mol. The SMILES string of the molecule is Cc1nc2c(=O)n(Cc3ccccc3C)nc(-c3ccccc3)c2s1. The molecule has 0 radical (unpaired) electrons. The molecule has 2 heterocycles. The van der Waals surface area contributed by atoms with Gasteiger partial charge in [-0.25, -0.2) is 9.67 Å². The van der Waals surface area contributed by atoms with E-state index in [1.807, 2.05) is 68.4 Å². The lowest BCUT2D eigenvalue weighted by Gasteiger charge is -2.10. The molecule has 4 rings (SSSR count). The predicted octanol–water partition coefficient (Wildman–Crippen LogP) is 4.19. The van der Waals surface area contributed by atoms with Gasteiger partial charge in [0.15, 0.2) is 5.52 Å². The van der Waals surface area contributed by atoms with E-state index in [1.54, 1.807) is 0 Å². The summed E-state index contributed by atoms with van der Waals surface area (Å²) >= 11 is 1.52. The first-order chi connectivity index (χ1) is 12.1. The Morgan fingerprint density at radius 1 is 1.00 bits per heavy atom. The van der Waals surface area contributed by atoms with Gasteiger partial charge >= 0.3 is 0 Å². The molecule has 25 heavy (non-hydrogen) atoms. The maximum Gasteiger partial charge on any atom is 0.294 e. The van der Waals surface area contributed by atoms with Gasteiger partial charge in [0.1, 0.15) is 5.69 Å². The number of thiazole rings is 1. The molecule has 0 spiro atoms. The molecule has 124 valence electrons. The molecule has 0 saturated heterocycles. The normalized spacial score (nSPS) is 11.1. The number of rotatable bonds is 3. The van der Waals surface area contributed by atoms with Crippen LogP contribution < -0.4 is 5.56 Å². The molecule has 5 heteroatoms. The van der Waals surface area contributed by atoms with Crippen molar-refractivity contribution in [3.05, 3.63) is 81.1 Å². The molecule has 2 aromatic carbocycles. The zero-order valence-electron chi connectivity index (χ0n) is 14.1. The first-order valence-electron chi connectivity index (χ1n) is 8.11. The predicted molar refractivity (Wildman–Crippen MR) is 102 cm³/mol. The van der Waals surface area contributed by atoms with Crippen molar-refractivity contribution >= 4 is 21.6 Å². The first kappa shape index (κ1) is 15.7. The van der Waals surface area contributed by atoms with Gasteiger partial charge < -0.3 is 0 Å². The third-order valence-corrected chi connectivity index (χ3v) is 5.21. The molecular formula is C20H17N3OS. The highest BCUT2D eigenvalue weighted by Crippen LogP contribution is 2.29. The molecule has 4 aromatic rings. The van der Waals surface area contributed by atoms with E-state index in [0.29, 0.717) is 12.1 Å². The fraction of sp³-hybridized carbons (Fsp3) is 0.150. The van der Waals surface area contributed by atoms with E-state index in [4.69, 9.17) is 5.10 Å². The number of benzene rings is 2. The van der Waals surface area contributed by atoms with Gasteiger partial charge in [0.2, 0.25) is 0 Å². The van der Waals surface area contributed by atoms with Gasteiger partial charge in [-0.1, -0.05) is 54.6 Å². The molecule has 0 aliphatic heterocycles. The van der Waals surface area contributed by atoms with Crippen LogP contribution in [0.15, 0.2) is 59.4 Å². The van der Waals surface area contributed by atoms with Crippen molar-refractivity contribution in [2.75, 3.05) is 0 Å². The molecule has 0 amide bonds. The van der Waals surface area contributed by atoms with E-state index in [0.717, 1.165) is 32.1 Å². The smallest absolute Gasteiger partial charge is 0.265 e. The first-order valence-corrected chi connectivity index (χ1v) is 8.93. The van der Waals surface area contributed by atoms with E-state index in [-0.39, 0.29) is 5.56 Å². The minimum atomic E-state index is -0.137. The fourth-order valence-electron chi connectivity index (χ4n) is 2.91.